The van der Waals surface area contributed by atoms with Crippen molar-refractivity contribution in [3.05, 3.63) is 83.9 Å². The van der Waals surface area contributed by atoms with Gasteiger partial charge in [0.25, 0.3) is 0 Å². The number of nitrogens with zero attached hydrogens (tertiary/aromatic N) is 1. The zero-order chi connectivity index (χ0) is 18.6. The quantitative estimate of drug-likeness (QED) is 0.411. The summed E-state index contributed by atoms with van der Waals surface area (Å²) in [6.07, 6.45) is 2.95. The van der Waals surface area contributed by atoms with Crippen LogP contribution in [-0.4, -0.2) is 25.5 Å². The molecule has 0 aromatic heterocycles. The molecule has 26 heavy (non-hydrogen) atoms. The fourth-order valence-corrected chi connectivity index (χ4v) is 3.91. The summed E-state index contributed by atoms with van der Waals surface area (Å²) in [6.45, 7) is 7.09. The fraction of sp³-hybridized carbons (Fsp3) is 0.286. The molecule has 2 aromatic rings. The third-order valence-corrected chi connectivity index (χ3v) is 4.79. The molecule has 1 heterocycles. The van der Waals surface area contributed by atoms with Gasteiger partial charge in [-0.25, -0.2) is 4.79 Å². The Labute approximate surface area is 156 Å². The summed E-state index contributed by atoms with van der Waals surface area (Å²) in [4.78, 5) is 11.7. The molecule has 1 aliphatic heterocycles. The summed E-state index contributed by atoms with van der Waals surface area (Å²) >= 11 is 0. The van der Waals surface area contributed by atoms with E-state index in [-0.39, 0.29) is 18.1 Å². The molecule has 0 fully saturated rings. The maximum Gasteiger partial charge on any atom is 0.331 e. The molecular formula is C21H25NO3Si. The molecule has 2 aromatic carbocycles. The normalized spacial score (nSPS) is 18.2. The highest BCUT2D eigenvalue weighted by Gasteiger charge is 2.36. The van der Waals surface area contributed by atoms with Crippen molar-refractivity contribution >= 4 is 14.3 Å². The van der Waals surface area contributed by atoms with Crippen molar-refractivity contribution in [1.82, 2.24) is 5.06 Å². The van der Waals surface area contributed by atoms with Crippen molar-refractivity contribution in [3.8, 4) is 0 Å². The lowest BCUT2D eigenvalue weighted by molar-refractivity contribution is -0.160. The minimum atomic E-state index is -1.88. The average Bonchev–Trinajstić information content (AvgIpc) is 3.01. The predicted octanol–water partition coefficient (Wildman–Crippen LogP) is 4.48. The monoisotopic (exact) mass is 367 g/mol. The van der Waals surface area contributed by atoms with Gasteiger partial charge in [-0.2, -0.15) is 5.06 Å². The van der Waals surface area contributed by atoms with Crippen LogP contribution in [0, 0.1) is 0 Å². The van der Waals surface area contributed by atoms with Crippen LogP contribution < -0.4 is 0 Å². The third-order valence-electron chi connectivity index (χ3n) is 4.01. The van der Waals surface area contributed by atoms with E-state index in [0.717, 1.165) is 11.1 Å². The number of rotatable bonds is 7. The van der Waals surface area contributed by atoms with E-state index in [1.807, 2.05) is 47.5 Å². The minimum Gasteiger partial charge on any atom is -0.453 e. The number of carbonyl (C=O) groups excluding carboxylic acids is 1. The molecule has 0 aliphatic carbocycles. The summed E-state index contributed by atoms with van der Waals surface area (Å²) in [7, 11) is -1.88. The van der Waals surface area contributed by atoms with Gasteiger partial charge in [0.15, 0.2) is 0 Å². The van der Waals surface area contributed by atoms with Gasteiger partial charge < -0.3 is 9.26 Å². The Morgan fingerprint density at radius 3 is 2.19 bits per heavy atom. The van der Waals surface area contributed by atoms with Gasteiger partial charge in [-0.1, -0.05) is 60.7 Å². The molecule has 0 spiro atoms. The summed E-state index contributed by atoms with van der Waals surface area (Å²) < 4.78 is 12.0. The van der Waals surface area contributed by atoms with Crippen LogP contribution in [0.25, 0.3) is 0 Å². The van der Waals surface area contributed by atoms with E-state index in [0.29, 0.717) is 6.54 Å². The summed E-state index contributed by atoms with van der Waals surface area (Å²) in [5, 5.41) is 1.99. The average molecular weight is 368 g/mol. The number of esters is 1. The first-order valence-electron chi connectivity index (χ1n) is 8.86. The second-order valence-electron chi connectivity index (χ2n) is 7.38. The molecule has 0 amide bonds. The van der Waals surface area contributed by atoms with Crippen molar-refractivity contribution < 1.29 is 14.1 Å². The van der Waals surface area contributed by atoms with Crippen LogP contribution >= 0.6 is 0 Å². The highest BCUT2D eigenvalue weighted by Crippen LogP contribution is 2.32. The maximum atomic E-state index is 11.7. The van der Waals surface area contributed by atoms with Crippen molar-refractivity contribution in [2.75, 3.05) is 0 Å². The number of hydroxylamine groups is 2. The zero-order valence-electron chi connectivity index (χ0n) is 15.5. The number of cyclic esters (lactones) is 1. The van der Waals surface area contributed by atoms with Crippen LogP contribution in [0.4, 0.5) is 0 Å². The van der Waals surface area contributed by atoms with Crippen molar-refractivity contribution in [2.45, 2.75) is 38.3 Å². The zero-order valence-corrected chi connectivity index (χ0v) is 16.5. The molecule has 0 N–H and O–H groups in total. The largest absolute Gasteiger partial charge is 0.453 e. The lowest BCUT2D eigenvalue weighted by Gasteiger charge is -2.37. The van der Waals surface area contributed by atoms with E-state index < -0.39 is 8.32 Å². The summed E-state index contributed by atoms with van der Waals surface area (Å²) in [5.41, 5.74) is 2.21. The molecule has 0 bridgehead atoms. The van der Waals surface area contributed by atoms with E-state index in [4.69, 9.17) is 9.26 Å². The molecule has 4 nitrogen and oxygen atoms in total. The van der Waals surface area contributed by atoms with Gasteiger partial charge in [-0.15, -0.1) is 0 Å². The molecule has 3 rings (SSSR count). The number of ether oxygens (including phenoxy) is 1. The summed E-state index contributed by atoms with van der Waals surface area (Å²) in [5.74, 6) is -0.302. The van der Waals surface area contributed by atoms with Gasteiger partial charge in [-0.05, 0) is 36.8 Å². The molecule has 2 unspecified atom stereocenters. The highest BCUT2D eigenvalue weighted by atomic mass is 28.4. The van der Waals surface area contributed by atoms with Crippen LogP contribution in [0.5, 0.6) is 0 Å². The molecule has 2 atom stereocenters. The number of hydrogen-bond acceptors (Lipinski definition) is 4. The van der Waals surface area contributed by atoms with Gasteiger partial charge in [-0.3, -0.25) is 0 Å². The first kappa shape index (κ1) is 18.6. The van der Waals surface area contributed by atoms with Crippen molar-refractivity contribution in [2.24, 2.45) is 0 Å². The molecule has 0 radical (unpaired) electrons. The maximum absolute atomic E-state index is 11.7. The third kappa shape index (κ3) is 4.91. The molecule has 136 valence electrons. The topological polar surface area (TPSA) is 38.8 Å². The van der Waals surface area contributed by atoms with E-state index in [2.05, 4.69) is 43.9 Å². The fourth-order valence-electron chi connectivity index (χ4n) is 3.03. The predicted molar refractivity (Wildman–Crippen MR) is 105 cm³/mol. The SMILES string of the molecule is C[Si](C)(C)ON(Cc1ccccc1)C(c1ccccc1)C1C=CC(=O)O1. The van der Waals surface area contributed by atoms with Gasteiger partial charge >= 0.3 is 5.97 Å². The first-order valence-corrected chi connectivity index (χ1v) is 12.3. The van der Waals surface area contributed by atoms with Crippen molar-refractivity contribution in [3.63, 3.8) is 0 Å². The van der Waals surface area contributed by atoms with Crippen LogP contribution in [0.3, 0.4) is 0 Å². The van der Waals surface area contributed by atoms with E-state index in [9.17, 15) is 4.79 Å². The lowest BCUT2D eigenvalue weighted by atomic mass is 10.0. The molecule has 1 aliphatic rings. The Bertz CT molecular complexity index is 756. The summed E-state index contributed by atoms with van der Waals surface area (Å²) in [6, 6.07) is 20.1. The first-order chi connectivity index (χ1) is 12.4. The molecule has 0 saturated carbocycles. The number of benzene rings is 2. The Kier molecular flexibility index (Phi) is 5.71. The van der Waals surface area contributed by atoms with Gasteiger partial charge in [0.1, 0.15) is 12.1 Å². The molecular weight excluding hydrogens is 342 g/mol. The van der Waals surface area contributed by atoms with E-state index in [1.165, 1.54) is 6.08 Å². The molecule has 5 heteroatoms. The lowest BCUT2D eigenvalue weighted by Crippen LogP contribution is -2.43. The smallest absolute Gasteiger partial charge is 0.331 e. The Morgan fingerprint density at radius 1 is 1.04 bits per heavy atom. The van der Waals surface area contributed by atoms with Gasteiger partial charge in [0.2, 0.25) is 8.32 Å². The second kappa shape index (κ2) is 7.99. The van der Waals surface area contributed by atoms with Crippen LogP contribution in [0.2, 0.25) is 19.6 Å². The van der Waals surface area contributed by atoms with Crippen LogP contribution in [0.15, 0.2) is 72.8 Å². The van der Waals surface area contributed by atoms with E-state index >= 15 is 0 Å². The van der Waals surface area contributed by atoms with Crippen LogP contribution in [0.1, 0.15) is 17.2 Å². The second-order valence-corrected chi connectivity index (χ2v) is 11.8. The number of carbonyl (C=O) groups is 1. The van der Waals surface area contributed by atoms with Crippen molar-refractivity contribution in [1.29, 1.82) is 0 Å². The Hall–Kier alpha value is -2.21. The van der Waals surface area contributed by atoms with Gasteiger partial charge in [0, 0.05) is 12.6 Å². The number of hydrogen-bond donors (Lipinski definition) is 0. The minimum absolute atomic E-state index is 0.203. The van der Waals surface area contributed by atoms with Gasteiger partial charge in [0.05, 0.1) is 0 Å². The van der Waals surface area contributed by atoms with E-state index in [1.54, 1.807) is 0 Å². The Morgan fingerprint density at radius 2 is 1.65 bits per heavy atom. The van der Waals surface area contributed by atoms with Crippen LogP contribution in [-0.2, 0) is 20.6 Å². The Balaban J connectivity index is 1.97. The molecule has 0 saturated heterocycles. The standard InChI is InChI=1S/C21H25NO3Si/c1-26(2,3)25-22(16-17-10-6-4-7-11-17)21(18-12-8-5-9-13-18)19-14-15-20(23)24-19/h4-15,19,21H,16H2,1-3H3. The highest BCUT2D eigenvalue weighted by molar-refractivity contribution is 6.69.